The lowest BCUT2D eigenvalue weighted by Gasteiger charge is -2.36. The maximum Gasteiger partial charge on any atom is 0.277 e. The number of likely N-dealkylation sites (tertiary alicyclic amines) is 1. The van der Waals surface area contributed by atoms with E-state index in [2.05, 4.69) is 25.9 Å². The van der Waals surface area contributed by atoms with E-state index in [0.29, 0.717) is 24.9 Å². The summed E-state index contributed by atoms with van der Waals surface area (Å²) in [7, 11) is 2.04. The van der Waals surface area contributed by atoms with Crippen LogP contribution in [0, 0.1) is 0 Å². The molecule has 20 heavy (non-hydrogen) atoms. The Balaban J connectivity index is 1.91. The van der Waals surface area contributed by atoms with Crippen LogP contribution in [0.2, 0.25) is 0 Å². The molecule has 0 amide bonds. The van der Waals surface area contributed by atoms with Crippen LogP contribution in [0.1, 0.15) is 12.8 Å². The van der Waals surface area contributed by atoms with Gasteiger partial charge in [-0.05, 0) is 48.0 Å². The second-order valence-corrected chi connectivity index (χ2v) is 6.36. The van der Waals surface area contributed by atoms with Crippen LogP contribution in [0.5, 0.6) is 0 Å². The van der Waals surface area contributed by atoms with Crippen molar-refractivity contribution in [3.63, 3.8) is 0 Å². The minimum absolute atomic E-state index is 0.127. The predicted octanol–water partition coefficient (Wildman–Crippen LogP) is 0.715. The highest BCUT2D eigenvalue weighted by Crippen LogP contribution is 2.23. The summed E-state index contributed by atoms with van der Waals surface area (Å²) in [5, 5.41) is 14.8. The molecule has 0 unspecified atom stereocenters. The Morgan fingerprint density at radius 2 is 2.10 bits per heavy atom. The van der Waals surface area contributed by atoms with E-state index in [1.807, 2.05) is 7.05 Å². The van der Waals surface area contributed by atoms with Crippen molar-refractivity contribution in [2.45, 2.75) is 25.0 Å². The van der Waals surface area contributed by atoms with Crippen molar-refractivity contribution in [3.05, 3.63) is 33.4 Å². The van der Waals surface area contributed by atoms with Gasteiger partial charge < -0.3 is 10.0 Å². The smallest absolute Gasteiger partial charge is 0.277 e. The summed E-state index contributed by atoms with van der Waals surface area (Å²) in [6.45, 7) is 1.99. The van der Waals surface area contributed by atoms with Gasteiger partial charge >= 0.3 is 0 Å². The summed E-state index contributed by atoms with van der Waals surface area (Å²) in [4.78, 5) is 14.6. The minimum Gasteiger partial charge on any atom is -0.388 e. The van der Waals surface area contributed by atoms with E-state index >= 15 is 0 Å². The van der Waals surface area contributed by atoms with Crippen LogP contribution in [0.25, 0.3) is 5.52 Å². The topological polar surface area (TPSA) is 62.8 Å². The molecule has 2 aromatic rings. The highest BCUT2D eigenvalue weighted by molar-refractivity contribution is 9.10. The number of aliphatic hydroxyl groups is 1. The van der Waals surface area contributed by atoms with Gasteiger partial charge in [-0.25, -0.2) is 4.52 Å². The number of halogens is 1. The molecule has 0 atom stereocenters. The molecule has 6 nitrogen and oxygen atoms in total. The number of aromatic nitrogens is 3. The van der Waals surface area contributed by atoms with E-state index in [-0.39, 0.29) is 5.56 Å². The van der Waals surface area contributed by atoms with Crippen LogP contribution in [-0.2, 0) is 6.54 Å². The van der Waals surface area contributed by atoms with Crippen molar-refractivity contribution in [2.75, 3.05) is 20.1 Å². The van der Waals surface area contributed by atoms with Gasteiger partial charge in [-0.3, -0.25) is 9.36 Å². The van der Waals surface area contributed by atoms with Crippen molar-refractivity contribution in [2.24, 2.45) is 0 Å². The minimum atomic E-state index is -0.819. The van der Waals surface area contributed by atoms with Crippen LogP contribution >= 0.6 is 15.9 Å². The molecule has 108 valence electrons. The molecule has 3 heterocycles. The van der Waals surface area contributed by atoms with Crippen molar-refractivity contribution in [3.8, 4) is 0 Å². The molecule has 1 fully saturated rings. The normalized spacial score (nSPS) is 19.6. The van der Waals surface area contributed by atoms with Crippen LogP contribution in [-0.4, -0.2) is 49.9 Å². The van der Waals surface area contributed by atoms with E-state index in [0.717, 1.165) is 17.7 Å². The zero-order valence-corrected chi connectivity index (χ0v) is 12.9. The lowest BCUT2D eigenvalue weighted by Crippen LogP contribution is -2.47. The fourth-order valence-electron chi connectivity index (χ4n) is 2.62. The maximum atomic E-state index is 12.4. The van der Waals surface area contributed by atoms with Gasteiger partial charge in [0.25, 0.3) is 5.56 Å². The lowest BCUT2D eigenvalue weighted by atomic mass is 9.91. The second-order valence-electron chi connectivity index (χ2n) is 5.54. The van der Waals surface area contributed by atoms with Crippen molar-refractivity contribution < 1.29 is 5.11 Å². The molecule has 3 rings (SSSR count). The van der Waals surface area contributed by atoms with E-state index in [9.17, 15) is 9.90 Å². The highest BCUT2D eigenvalue weighted by Gasteiger charge is 2.32. The van der Waals surface area contributed by atoms with E-state index in [1.165, 1.54) is 10.9 Å². The third kappa shape index (κ3) is 2.41. The average Bonchev–Trinajstić information content (AvgIpc) is 2.79. The molecule has 0 radical (unpaired) electrons. The number of nitrogens with zero attached hydrogens (tertiary/aromatic N) is 4. The molecule has 0 saturated carbocycles. The van der Waals surface area contributed by atoms with E-state index in [4.69, 9.17) is 0 Å². The first-order chi connectivity index (χ1) is 9.48. The lowest BCUT2D eigenvalue weighted by molar-refractivity contribution is -0.0299. The largest absolute Gasteiger partial charge is 0.388 e. The van der Waals surface area contributed by atoms with Gasteiger partial charge in [0.1, 0.15) is 16.4 Å². The first-order valence-corrected chi connectivity index (χ1v) is 7.41. The van der Waals surface area contributed by atoms with Crippen LogP contribution < -0.4 is 5.56 Å². The number of hydrogen-bond acceptors (Lipinski definition) is 4. The fourth-order valence-corrected chi connectivity index (χ4v) is 3.03. The quantitative estimate of drug-likeness (QED) is 0.874. The number of hydrogen-bond donors (Lipinski definition) is 1. The molecule has 1 aliphatic rings. The molecular formula is C13H17BrN4O2. The summed E-state index contributed by atoms with van der Waals surface area (Å²) in [6.07, 6.45) is 2.84. The summed E-state index contributed by atoms with van der Waals surface area (Å²) in [5.41, 5.74) is -0.436. The molecule has 0 aliphatic carbocycles. The Bertz CT molecular complexity index is 685. The Morgan fingerprint density at radius 1 is 1.40 bits per heavy atom. The van der Waals surface area contributed by atoms with E-state index in [1.54, 1.807) is 16.6 Å². The second kappa shape index (κ2) is 4.98. The number of fused-ring (bicyclic) bond motifs is 1. The molecule has 1 N–H and O–H groups in total. The van der Waals surface area contributed by atoms with Gasteiger partial charge in [-0.15, -0.1) is 0 Å². The van der Waals surface area contributed by atoms with Gasteiger partial charge in [0.05, 0.1) is 12.1 Å². The standard InChI is InChI=1S/C13H17BrN4O2/c1-16-6-4-13(20,5-7-16)8-17-9-15-18-10(12(17)19)2-3-11(18)14/h2-3,9,20H,4-8H2,1H3. The molecule has 1 aliphatic heterocycles. The monoisotopic (exact) mass is 340 g/mol. The zero-order valence-electron chi connectivity index (χ0n) is 11.3. The Kier molecular flexibility index (Phi) is 3.43. The first-order valence-electron chi connectivity index (χ1n) is 6.62. The molecule has 0 spiro atoms. The Labute approximate surface area is 124 Å². The highest BCUT2D eigenvalue weighted by atomic mass is 79.9. The predicted molar refractivity (Wildman–Crippen MR) is 78.8 cm³/mol. The average molecular weight is 341 g/mol. The summed E-state index contributed by atoms with van der Waals surface area (Å²) in [5.74, 6) is 0. The molecule has 0 bridgehead atoms. The van der Waals surface area contributed by atoms with Crippen LogP contribution in [0.4, 0.5) is 0 Å². The first kappa shape index (κ1) is 13.8. The SMILES string of the molecule is CN1CCC(O)(Cn2cnn3c(Br)ccc3c2=O)CC1. The molecule has 2 aromatic heterocycles. The fraction of sp³-hybridized carbons (Fsp3) is 0.538. The van der Waals surface area contributed by atoms with Gasteiger partial charge in [0, 0.05) is 13.1 Å². The molecular weight excluding hydrogens is 324 g/mol. The van der Waals surface area contributed by atoms with Crippen molar-refractivity contribution in [1.82, 2.24) is 19.1 Å². The Morgan fingerprint density at radius 3 is 2.80 bits per heavy atom. The summed E-state index contributed by atoms with van der Waals surface area (Å²) < 4.78 is 3.81. The van der Waals surface area contributed by atoms with Gasteiger partial charge in [-0.1, -0.05) is 0 Å². The van der Waals surface area contributed by atoms with Crippen LogP contribution in [0.15, 0.2) is 27.9 Å². The van der Waals surface area contributed by atoms with E-state index < -0.39 is 5.60 Å². The third-order valence-corrected chi connectivity index (χ3v) is 4.58. The Hall–Kier alpha value is -1.18. The van der Waals surface area contributed by atoms with Crippen molar-refractivity contribution in [1.29, 1.82) is 0 Å². The number of rotatable bonds is 2. The molecule has 7 heteroatoms. The van der Waals surface area contributed by atoms with Crippen LogP contribution in [0.3, 0.4) is 0 Å². The zero-order chi connectivity index (χ0) is 14.3. The van der Waals surface area contributed by atoms with Gasteiger partial charge in [0.2, 0.25) is 0 Å². The summed E-state index contributed by atoms with van der Waals surface area (Å²) in [6, 6.07) is 3.52. The maximum absolute atomic E-state index is 12.4. The molecule has 1 saturated heterocycles. The summed E-state index contributed by atoms with van der Waals surface area (Å²) >= 11 is 3.34. The number of piperidine rings is 1. The third-order valence-electron chi connectivity index (χ3n) is 3.98. The molecule has 0 aromatic carbocycles. The van der Waals surface area contributed by atoms with Gasteiger partial charge in [-0.2, -0.15) is 5.10 Å². The van der Waals surface area contributed by atoms with Crippen molar-refractivity contribution >= 4 is 21.4 Å². The van der Waals surface area contributed by atoms with Gasteiger partial charge in [0.15, 0.2) is 0 Å².